The van der Waals surface area contributed by atoms with Crippen LogP contribution in [0.5, 0.6) is 0 Å². The fourth-order valence-electron chi connectivity index (χ4n) is 9.68. The molecule has 6 aliphatic rings. The van der Waals surface area contributed by atoms with Crippen LogP contribution in [0.4, 0.5) is 33.4 Å². The van der Waals surface area contributed by atoms with Crippen LogP contribution >= 0.6 is 11.3 Å². The van der Waals surface area contributed by atoms with Crippen molar-refractivity contribution in [1.29, 1.82) is 0 Å². The molecule has 11 rings (SSSR count). The standard InChI is InChI=1S/C40H31BN2SSi/c1-2-14-28(15-3-1)42-32-19-11-20-33-38(32)41(37-29-16-6-8-21-34(29)44-40(37)42)30-17-10-23-36-39(30)43(33)31-18-7-9-22-35(31)45(36)24-26-12-4-5-13-27(26)25-45/h1-4,7-12,14-15,17-23H,5-6,13,16,24-25H2. The van der Waals surface area contributed by atoms with Gasteiger partial charge in [0.2, 0.25) is 0 Å². The Morgan fingerprint density at radius 2 is 1.40 bits per heavy atom. The van der Waals surface area contributed by atoms with Crippen LogP contribution in [0, 0.1) is 0 Å². The lowest BCUT2D eigenvalue weighted by atomic mass is 9.33. The lowest BCUT2D eigenvalue weighted by Crippen LogP contribution is -2.68. The monoisotopic (exact) mass is 610 g/mol. The summed E-state index contributed by atoms with van der Waals surface area (Å²) in [5.74, 6) is 0. The Hall–Kier alpha value is -4.32. The second-order valence-corrected chi connectivity index (χ2v) is 18.5. The highest BCUT2D eigenvalue weighted by molar-refractivity contribution is 7.21. The zero-order valence-electron chi connectivity index (χ0n) is 25.1. The summed E-state index contributed by atoms with van der Waals surface area (Å²) in [6.07, 6.45) is 14.3. The molecule has 4 aliphatic heterocycles. The van der Waals surface area contributed by atoms with E-state index in [9.17, 15) is 0 Å². The number of rotatable bonds is 1. The van der Waals surface area contributed by atoms with Crippen LogP contribution < -0.4 is 36.6 Å². The van der Waals surface area contributed by atoms with E-state index in [0.717, 1.165) is 12.8 Å². The highest BCUT2D eigenvalue weighted by Gasteiger charge is 2.54. The predicted octanol–water partition coefficient (Wildman–Crippen LogP) is 7.33. The molecule has 45 heavy (non-hydrogen) atoms. The second-order valence-electron chi connectivity index (χ2n) is 13.5. The van der Waals surface area contributed by atoms with Gasteiger partial charge in [-0.15, -0.1) is 11.3 Å². The summed E-state index contributed by atoms with van der Waals surface area (Å²) in [5.41, 5.74) is 16.3. The Labute approximate surface area is 269 Å². The van der Waals surface area contributed by atoms with Crippen molar-refractivity contribution in [2.75, 3.05) is 9.80 Å². The van der Waals surface area contributed by atoms with Crippen LogP contribution in [-0.2, 0) is 6.42 Å². The molecule has 5 aromatic rings. The molecule has 0 radical (unpaired) electrons. The molecule has 2 nitrogen and oxygen atoms in total. The number of thiophene rings is 1. The molecule has 0 fully saturated rings. The number of hydrogen-bond donors (Lipinski definition) is 0. The van der Waals surface area contributed by atoms with Crippen molar-refractivity contribution in [3.05, 3.63) is 131 Å². The number of benzene rings is 4. The van der Waals surface area contributed by atoms with Crippen LogP contribution in [0.1, 0.15) is 29.7 Å². The van der Waals surface area contributed by atoms with Gasteiger partial charge in [0.05, 0.1) is 5.00 Å². The van der Waals surface area contributed by atoms with Gasteiger partial charge in [-0.25, -0.2) is 0 Å². The molecule has 0 saturated heterocycles. The molecule has 1 aromatic heterocycles. The lowest BCUT2D eigenvalue weighted by molar-refractivity contribution is 0.949. The smallest absolute Gasteiger partial charge is 0.253 e. The first-order chi connectivity index (χ1) is 22.3. The third-order valence-electron chi connectivity index (χ3n) is 11.4. The minimum atomic E-state index is -2.06. The van der Waals surface area contributed by atoms with Crippen molar-refractivity contribution in [2.24, 2.45) is 0 Å². The van der Waals surface area contributed by atoms with E-state index < -0.39 is 8.07 Å². The molecule has 214 valence electrons. The number of hydrogen-bond acceptors (Lipinski definition) is 3. The van der Waals surface area contributed by atoms with E-state index in [2.05, 4.69) is 125 Å². The summed E-state index contributed by atoms with van der Waals surface area (Å²) in [7, 11) is -2.06. The largest absolute Gasteiger partial charge is 0.312 e. The SMILES string of the molecule is C1=CC2=C(CC1)C[Si]1(C2)c2ccccc2N2c3cccc4c3B(c3cccc1c32)c1c(sc2c1CCC=C2)N4c1ccccc1. The molecule has 0 bridgehead atoms. The minimum absolute atomic E-state index is 0.240. The fraction of sp³-hybridized carbons (Fsp3) is 0.150. The maximum Gasteiger partial charge on any atom is 0.253 e. The van der Waals surface area contributed by atoms with Crippen molar-refractivity contribution in [1.82, 2.24) is 0 Å². The highest BCUT2D eigenvalue weighted by Crippen LogP contribution is 2.51. The zero-order chi connectivity index (χ0) is 29.3. The van der Waals surface area contributed by atoms with E-state index in [1.807, 2.05) is 11.3 Å². The highest BCUT2D eigenvalue weighted by atomic mass is 32.1. The molecule has 1 unspecified atom stereocenters. The molecule has 2 aliphatic carbocycles. The van der Waals surface area contributed by atoms with Gasteiger partial charge in [-0.3, -0.25) is 0 Å². The van der Waals surface area contributed by atoms with Gasteiger partial charge in [-0.2, -0.15) is 0 Å². The average Bonchev–Trinajstić information content (AvgIpc) is 3.68. The number of nitrogens with zero attached hydrogens (tertiary/aromatic N) is 2. The first kappa shape index (κ1) is 24.9. The second kappa shape index (κ2) is 8.90. The molecular weight excluding hydrogens is 579 g/mol. The molecule has 5 heteroatoms. The fourth-order valence-corrected chi connectivity index (χ4v) is 16.6. The molecule has 0 N–H and O–H groups in total. The summed E-state index contributed by atoms with van der Waals surface area (Å²) in [6, 6.07) is 37.6. The van der Waals surface area contributed by atoms with E-state index in [-0.39, 0.29) is 6.71 Å². The molecule has 1 atom stereocenters. The Kier molecular flexibility index (Phi) is 4.93. The van der Waals surface area contributed by atoms with Gasteiger partial charge in [-0.05, 0) is 107 Å². The van der Waals surface area contributed by atoms with Gasteiger partial charge in [0, 0.05) is 33.3 Å². The first-order valence-electron chi connectivity index (χ1n) is 16.5. The number of fused-ring (bicyclic) bond motifs is 10. The maximum atomic E-state index is 2.69. The summed E-state index contributed by atoms with van der Waals surface area (Å²) in [5, 5.41) is 4.70. The molecule has 1 spiro atoms. The van der Waals surface area contributed by atoms with Gasteiger partial charge in [0.25, 0.3) is 6.71 Å². The Morgan fingerprint density at radius 1 is 0.644 bits per heavy atom. The van der Waals surface area contributed by atoms with Crippen molar-refractivity contribution >= 4 is 92.4 Å². The Morgan fingerprint density at radius 3 is 2.31 bits per heavy atom. The van der Waals surface area contributed by atoms with Gasteiger partial charge in [0.1, 0.15) is 8.07 Å². The summed E-state index contributed by atoms with van der Waals surface area (Å²) < 4.78 is 0. The molecule has 4 aromatic carbocycles. The maximum absolute atomic E-state index is 2.69. The van der Waals surface area contributed by atoms with Crippen molar-refractivity contribution in [2.45, 2.75) is 37.8 Å². The summed E-state index contributed by atoms with van der Waals surface area (Å²) >= 11 is 1.99. The van der Waals surface area contributed by atoms with E-state index in [1.165, 1.54) is 74.2 Å². The van der Waals surface area contributed by atoms with E-state index >= 15 is 0 Å². The Bertz CT molecular complexity index is 2210. The number of para-hydroxylation sites is 3. The van der Waals surface area contributed by atoms with Crippen LogP contribution in [0.25, 0.3) is 6.08 Å². The molecule has 5 heterocycles. The van der Waals surface area contributed by atoms with Gasteiger partial charge >= 0.3 is 0 Å². The van der Waals surface area contributed by atoms with Gasteiger partial charge in [0.15, 0.2) is 0 Å². The topological polar surface area (TPSA) is 6.48 Å². The quantitative estimate of drug-likeness (QED) is 0.180. The van der Waals surface area contributed by atoms with Crippen LogP contribution in [-0.4, -0.2) is 14.8 Å². The predicted molar refractivity (Wildman–Crippen MR) is 196 cm³/mol. The number of allylic oxidation sites excluding steroid dienone is 5. The van der Waals surface area contributed by atoms with Crippen LogP contribution in [0.2, 0.25) is 12.1 Å². The van der Waals surface area contributed by atoms with Crippen LogP contribution in [0.15, 0.2) is 120 Å². The lowest BCUT2D eigenvalue weighted by Gasteiger charge is -2.49. The first-order valence-corrected chi connectivity index (χ1v) is 19.8. The van der Waals surface area contributed by atoms with Gasteiger partial charge < -0.3 is 9.80 Å². The minimum Gasteiger partial charge on any atom is -0.312 e. The molecule has 0 saturated carbocycles. The molecular formula is C40H31BN2SSi. The normalized spacial score (nSPS) is 20.9. The van der Waals surface area contributed by atoms with E-state index in [4.69, 9.17) is 0 Å². The summed E-state index contributed by atoms with van der Waals surface area (Å²) in [4.78, 5) is 6.71. The Balaban J connectivity index is 1.24. The van der Waals surface area contributed by atoms with Gasteiger partial charge in [-0.1, -0.05) is 90.0 Å². The third-order valence-corrected chi connectivity index (χ3v) is 17.5. The van der Waals surface area contributed by atoms with Crippen molar-refractivity contribution < 1.29 is 0 Å². The third kappa shape index (κ3) is 3.11. The van der Waals surface area contributed by atoms with E-state index in [1.54, 1.807) is 32.5 Å². The number of anilines is 6. The zero-order valence-corrected chi connectivity index (χ0v) is 26.9. The van der Waals surface area contributed by atoms with Crippen molar-refractivity contribution in [3.8, 4) is 0 Å². The average molecular weight is 611 g/mol. The van der Waals surface area contributed by atoms with E-state index in [0.29, 0.717) is 0 Å². The van der Waals surface area contributed by atoms with Crippen LogP contribution in [0.3, 0.4) is 0 Å². The molecule has 0 amide bonds. The van der Waals surface area contributed by atoms with Crippen molar-refractivity contribution in [3.63, 3.8) is 0 Å². The summed E-state index contributed by atoms with van der Waals surface area (Å²) in [6.45, 7) is 0.240.